The lowest BCUT2D eigenvalue weighted by molar-refractivity contribution is 1.44. The lowest BCUT2D eigenvalue weighted by Crippen LogP contribution is -1.79. The first kappa shape index (κ1) is 9.01. The van der Waals surface area contributed by atoms with Crippen molar-refractivity contribution in [3.63, 3.8) is 0 Å². The Morgan fingerprint density at radius 1 is 0.929 bits per heavy atom. The van der Waals surface area contributed by atoms with Gasteiger partial charge in [-0.25, -0.2) is 0 Å². The summed E-state index contributed by atoms with van der Waals surface area (Å²) in [5.74, 6) is 0. The number of hydrogen-bond donors (Lipinski definition) is 0. The smallest absolute Gasteiger partial charge is 0.0146 e. The fourth-order valence-electron chi connectivity index (χ4n) is 1.51. The van der Waals surface area contributed by atoms with Crippen LogP contribution < -0.4 is 0 Å². The maximum absolute atomic E-state index is 3.22. The Morgan fingerprint density at radius 3 is 2.43 bits per heavy atom. The average molecular weight is 181 g/mol. The molecule has 0 aliphatic rings. The van der Waals surface area contributed by atoms with E-state index in [4.69, 9.17) is 0 Å². The first-order chi connectivity index (χ1) is 6.75. The van der Waals surface area contributed by atoms with Gasteiger partial charge in [-0.05, 0) is 42.7 Å². The Balaban J connectivity index is 2.44. The molecule has 14 heavy (non-hydrogen) atoms. The highest BCUT2D eigenvalue weighted by molar-refractivity contribution is 5.64. The molecule has 0 saturated heterocycles. The molecule has 2 aromatic rings. The van der Waals surface area contributed by atoms with Gasteiger partial charge in [-0.3, -0.25) is 0 Å². The van der Waals surface area contributed by atoms with Gasteiger partial charge in [0.15, 0.2) is 0 Å². The summed E-state index contributed by atoms with van der Waals surface area (Å²) in [6.45, 7) is 4.17. The van der Waals surface area contributed by atoms with Crippen LogP contribution >= 0.6 is 0 Å². The van der Waals surface area contributed by atoms with E-state index in [0.29, 0.717) is 0 Å². The largest absolute Gasteiger partial charge is 0.0614 e. The van der Waals surface area contributed by atoms with Gasteiger partial charge < -0.3 is 0 Å². The lowest BCUT2D eigenvalue weighted by atomic mass is 10.0. The van der Waals surface area contributed by atoms with E-state index in [9.17, 15) is 0 Å². The minimum atomic E-state index is 1.18. The van der Waals surface area contributed by atoms with Crippen molar-refractivity contribution in [3.8, 4) is 11.1 Å². The standard InChI is InChI=1S/C14H13/c1-11-6-8-13(9-7-11)14-5-3-4-12(2)10-14/h3-6,8-10H,1-2H3. The van der Waals surface area contributed by atoms with E-state index in [0.717, 1.165) is 0 Å². The monoisotopic (exact) mass is 181 g/mol. The minimum absolute atomic E-state index is 1.18. The molecule has 0 amide bonds. The van der Waals surface area contributed by atoms with Crippen molar-refractivity contribution in [2.75, 3.05) is 0 Å². The molecule has 0 fully saturated rings. The van der Waals surface area contributed by atoms with Gasteiger partial charge in [0, 0.05) is 0 Å². The number of rotatable bonds is 1. The molecule has 0 heteroatoms. The summed E-state index contributed by atoms with van der Waals surface area (Å²) in [5.41, 5.74) is 4.98. The van der Waals surface area contributed by atoms with Gasteiger partial charge >= 0.3 is 0 Å². The third-order valence-electron chi connectivity index (χ3n) is 2.32. The fourth-order valence-corrected chi connectivity index (χ4v) is 1.51. The first-order valence-electron chi connectivity index (χ1n) is 4.81. The second kappa shape index (κ2) is 3.67. The van der Waals surface area contributed by atoms with E-state index < -0.39 is 0 Å². The Kier molecular flexibility index (Phi) is 2.36. The Hall–Kier alpha value is -1.56. The predicted molar refractivity (Wildman–Crippen MR) is 60.2 cm³/mol. The van der Waals surface area contributed by atoms with E-state index in [2.05, 4.69) is 56.3 Å². The molecule has 0 aliphatic heterocycles. The average Bonchev–Trinajstić information content (AvgIpc) is 2.19. The van der Waals surface area contributed by atoms with Crippen LogP contribution in [0.15, 0.2) is 42.5 Å². The summed E-state index contributed by atoms with van der Waals surface area (Å²) < 4.78 is 0. The number of aryl methyl sites for hydroxylation is 2. The van der Waals surface area contributed by atoms with Crippen LogP contribution in [0.4, 0.5) is 0 Å². The van der Waals surface area contributed by atoms with Crippen LogP contribution in [0.3, 0.4) is 0 Å². The number of hydrogen-bond acceptors (Lipinski definition) is 0. The molecule has 0 bridgehead atoms. The molecule has 1 radical (unpaired) electrons. The molecule has 0 atom stereocenters. The second-order valence-electron chi connectivity index (χ2n) is 3.63. The van der Waals surface area contributed by atoms with Crippen LogP contribution in [0.5, 0.6) is 0 Å². The van der Waals surface area contributed by atoms with Gasteiger partial charge in [0.2, 0.25) is 0 Å². The zero-order chi connectivity index (χ0) is 9.97. The van der Waals surface area contributed by atoms with Crippen molar-refractivity contribution in [2.45, 2.75) is 13.8 Å². The third kappa shape index (κ3) is 1.85. The van der Waals surface area contributed by atoms with Crippen molar-refractivity contribution in [3.05, 3.63) is 59.7 Å². The normalized spacial score (nSPS) is 10.1. The topological polar surface area (TPSA) is 0 Å². The van der Waals surface area contributed by atoms with Gasteiger partial charge in [0.25, 0.3) is 0 Å². The lowest BCUT2D eigenvalue weighted by Gasteiger charge is -2.02. The maximum Gasteiger partial charge on any atom is -0.0146 e. The van der Waals surface area contributed by atoms with Crippen LogP contribution in [-0.2, 0) is 0 Å². The molecular weight excluding hydrogens is 168 g/mol. The minimum Gasteiger partial charge on any atom is -0.0614 e. The molecule has 0 unspecified atom stereocenters. The summed E-state index contributed by atoms with van der Waals surface area (Å²) in [4.78, 5) is 0. The van der Waals surface area contributed by atoms with E-state index in [1.807, 2.05) is 6.07 Å². The molecule has 0 spiro atoms. The van der Waals surface area contributed by atoms with Crippen LogP contribution in [0.1, 0.15) is 11.1 Å². The van der Waals surface area contributed by atoms with Crippen molar-refractivity contribution < 1.29 is 0 Å². The van der Waals surface area contributed by atoms with Crippen LogP contribution in [0.2, 0.25) is 0 Å². The molecule has 69 valence electrons. The molecule has 0 aromatic heterocycles. The SMILES string of the molecule is Cc1[c]cc(-c2cccc(C)c2)cc1. The Morgan fingerprint density at radius 2 is 1.79 bits per heavy atom. The maximum atomic E-state index is 3.22. The van der Waals surface area contributed by atoms with Gasteiger partial charge in [0.1, 0.15) is 0 Å². The number of benzene rings is 2. The highest BCUT2D eigenvalue weighted by Gasteiger charge is 1.96. The molecule has 0 nitrogen and oxygen atoms in total. The third-order valence-corrected chi connectivity index (χ3v) is 2.32. The van der Waals surface area contributed by atoms with Crippen molar-refractivity contribution in [2.24, 2.45) is 0 Å². The zero-order valence-electron chi connectivity index (χ0n) is 8.54. The van der Waals surface area contributed by atoms with Gasteiger partial charge in [-0.1, -0.05) is 42.0 Å². The Labute approximate surface area is 85.2 Å². The summed E-state index contributed by atoms with van der Waals surface area (Å²) >= 11 is 0. The zero-order valence-corrected chi connectivity index (χ0v) is 8.54. The fraction of sp³-hybridized carbons (Fsp3) is 0.143. The van der Waals surface area contributed by atoms with Crippen LogP contribution in [0, 0.1) is 19.9 Å². The quantitative estimate of drug-likeness (QED) is 0.628. The summed E-state index contributed by atoms with van der Waals surface area (Å²) in [6.07, 6.45) is 0. The first-order valence-corrected chi connectivity index (χ1v) is 4.81. The molecule has 0 aliphatic carbocycles. The van der Waals surface area contributed by atoms with Crippen molar-refractivity contribution in [1.82, 2.24) is 0 Å². The van der Waals surface area contributed by atoms with E-state index in [-0.39, 0.29) is 0 Å². The summed E-state index contributed by atoms with van der Waals surface area (Å²) in [7, 11) is 0. The van der Waals surface area contributed by atoms with E-state index in [1.54, 1.807) is 0 Å². The van der Waals surface area contributed by atoms with Crippen molar-refractivity contribution >= 4 is 0 Å². The second-order valence-corrected chi connectivity index (χ2v) is 3.63. The summed E-state index contributed by atoms with van der Waals surface area (Å²) in [5, 5.41) is 0. The van der Waals surface area contributed by atoms with E-state index in [1.165, 1.54) is 22.3 Å². The molecular formula is C14H13. The highest BCUT2D eigenvalue weighted by atomic mass is 14.0. The van der Waals surface area contributed by atoms with Gasteiger partial charge in [0.05, 0.1) is 0 Å². The Bertz CT molecular complexity index is 424. The molecule has 0 heterocycles. The highest BCUT2D eigenvalue weighted by Crippen LogP contribution is 2.20. The predicted octanol–water partition coefficient (Wildman–Crippen LogP) is 3.77. The summed E-state index contributed by atoms with van der Waals surface area (Å²) in [6, 6.07) is 18.0. The van der Waals surface area contributed by atoms with Gasteiger partial charge in [-0.2, -0.15) is 0 Å². The molecule has 0 saturated carbocycles. The molecule has 0 N–H and O–H groups in total. The molecule has 2 rings (SSSR count). The van der Waals surface area contributed by atoms with Crippen molar-refractivity contribution in [1.29, 1.82) is 0 Å². The molecule has 2 aromatic carbocycles. The van der Waals surface area contributed by atoms with Crippen LogP contribution in [0.25, 0.3) is 11.1 Å². The van der Waals surface area contributed by atoms with Crippen LogP contribution in [-0.4, -0.2) is 0 Å². The van der Waals surface area contributed by atoms with Gasteiger partial charge in [-0.15, -0.1) is 0 Å². The van der Waals surface area contributed by atoms with E-state index >= 15 is 0 Å².